The van der Waals surface area contributed by atoms with E-state index in [1.807, 2.05) is 44.5 Å². The molecule has 1 aliphatic heterocycles. The minimum Gasteiger partial charge on any atom is -0.444 e. The summed E-state index contributed by atoms with van der Waals surface area (Å²) >= 11 is 0. The van der Waals surface area contributed by atoms with Crippen LogP contribution in [0.3, 0.4) is 0 Å². The van der Waals surface area contributed by atoms with Crippen LogP contribution < -0.4 is 5.32 Å². The van der Waals surface area contributed by atoms with E-state index < -0.39 is 5.60 Å². The van der Waals surface area contributed by atoms with Crippen LogP contribution in [0.2, 0.25) is 0 Å². The third-order valence-electron chi connectivity index (χ3n) is 6.76. The first-order chi connectivity index (χ1) is 17.4. The van der Waals surface area contributed by atoms with Crippen molar-refractivity contribution in [3.63, 3.8) is 0 Å². The quantitative estimate of drug-likeness (QED) is 0.450. The van der Waals surface area contributed by atoms with Gasteiger partial charge in [-0.1, -0.05) is 6.07 Å². The Bertz CT molecular complexity index is 1320. The molecule has 37 heavy (non-hydrogen) atoms. The van der Waals surface area contributed by atoms with Crippen LogP contribution in [0.1, 0.15) is 72.3 Å². The molecular formula is C29H35FN4O3. The molecule has 0 atom stereocenters. The van der Waals surface area contributed by atoms with E-state index in [4.69, 9.17) is 4.74 Å². The van der Waals surface area contributed by atoms with Gasteiger partial charge < -0.3 is 15.0 Å². The number of amides is 2. The topological polar surface area (TPSA) is 76.5 Å². The number of hydrogen-bond donors (Lipinski definition) is 1. The first-order valence-electron chi connectivity index (χ1n) is 12.6. The molecule has 2 aromatic carbocycles. The molecule has 0 bridgehead atoms. The SMILES string of the molecule is Cc1ccc(-n2ncc(C(=O)Nc3ccc(F)cc3C)c2C2CCN(C(=O)OC(C)(C)C)CC2)cc1C. The zero-order valence-electron chi connectivity index (χ0n) is 22.4. The number of aryl methyl sites for hydroxylation is 3. The molecule has 2 heterocycles. The molecule has 0 radical (unpaired) electrons. The summed E-state index contributed by atoms with van der Waals surface area (Å²) in [5, 5.41) is 7.55. The lowest BCUT2D eigenvalue weighted by Gasteiger charge is -2.34. The molecule has 196 valence electrons. The van der Waals surface area contributed by atoms with E-state index >= 15 is 0 Å². The standard InChI is InChI=1S/C29H35FN4O3/c1-18-7-9-23(16-19(18)2)34-26(21-11-13-33(14-12-21)28(36)37-29(4,5)6)24(17-31-34)27(35)32-25-10-8-22(30)15-20(25)3/h7-10,15-17,21H,11-14H2,1-6H3,(H,32,35). The third-order valence-corrected chi connectivity index (χ3v) is 6.76. The van der Waals surface area contributed by atoms with Gasteiger partial charge in [0.2, 0.25) is 0 Å². The summed E-state index contributed by atoms with van der Waals surface area (Å²) in [5.41, 5.74) is 5.10. The Hall–Kier alpha value is -3.68. The van der Waals surface area contributed by atoms with Crippen molar-refractivity contribution in [3.8, 4) is 5.69 Å². The number of ether oxygens (including phenoxy) is 1. The smallest absolute Gasteiger partial charge is 0.410 e. The third kappa shape index (κ3) is 6.01. The van der Waals surface area contributed by atoms with Gasteiger partial charge in [0.25, 0.3) is 5.91 Å². The van der Waals surface area contributed by atoms with Crippen LogP contribution >= 0.6 is 0 Å². The lowest BCUT2D eigenvalue weighted by Crippen LogP contribution is -2.41. The highest BCUT2D eigenvalue weighted by molar-refractivity contribution is 6.05. The van der Waals surface area contributed by atoms with Crippen molar-refractivity contribution >= 4 is 17.7 Å². The fourth-order valence-corrected chi connectivity index (χ4v) is 4.61. The van der Waals surface area contributed by atoms with E-state index in [0.29, 0.717) is 42.7 Å². The molecular weight excluding hydrogens is 471 g/mol. The zero-order chi connectivity index (χ0) is 26.9. The number of nitrogens with one attached hydrogen (secondary N) is 1. The predicted octanol–water partition coefficient (Wildman–Crippen LogP) is 6.30. The van der Waals surface area contributed by atoms with Crippen molar-refractivity contribution in [2.24, 2.45) is 0 Å². The fraction of sp³-hybridized carbons (Fsp3) is 0.414. The predicted molar refractivity (Wildman–Crippen MR) is 142 cm³/mol. The molecule has 7 nitrogen and oxygen atoms in total. The summed E-state index contributed by atoms with van der Waals surface area (Å²) in [4.78, 5) is 27.8. The number of hydrogen-bond acceptors (Lipinski definition) is 4. The maximum Gasteiger partial charge on any atom is 0.410 e. The van der Waals surface area contributed by atoms with Gasteiger partial charge in [-0.05, 0) is 101 Å². The minimum absolute atomic E-state index is 0.0119. The Morgan fingerprint density at radius 3 is 2.32 bits per heavy atom. The second-order valence-electron chi connectivity index (χ2n) is 10.8. The zero-order valence-corrected chi connectivity index (χ0v) is 22.4. The summed E-state index contributed by atoms with van der Waals surface area (Å²) in [5.74, 6) is -0.636. The molecule has 1 N–H and O–H groups in total. The molecule has 4 rings (SSSR count). The number of halogens is 1. The first kappa shape index (κ1) is 26.4. The molecule has 0 saturated carbocycles. The van der Waals surface area contributed by atoms with Gasteiger partial charge >= 0.3 is 6.09 Å². The van der Waals surface area contributed by atoms with E-state index in [-0.39, 0.29) is 23.7 Å². The van der Waals surface area contributed by atoms with Crippen LogP contribution in [-0.4, -0.2) is 45.4 Å². The highest BCUT2D eigenvalue weighted by atomic mass is 19.1. The van der Waals surface area contributed by atoms with Crippen LogP contribution in [0.4, 0.5) is 14.9 Å². The Balaban J connectivity index is 1.65. The Morgan fingerprint density at radius 1 is 1.00 bits per heavy atom. The summed E-state index contributed by atoms with van der Waals surface area (Å²) in [6.07, 6.45) is 2.62. The second-order valence-corrected chi connectivity index (χ2v) is 10.8. The molecule has 0 spiro atoms. The van der Waals surface area contributed by atoms with Crippen molar-refractivity contribution in [2.75, 3.05) is 18.4 Å². The summed E-state index contributed by atoms with van der Waals surface area (Å²) in [6, 6.07) is 10.4. The van der Waals surface area contributed by atoms with E-state index in [1.165, 1.54) is 17.7 Å². The van der Waals surface area contributed by atoms with Crippen LogP contribution in [0.25, 0.3) is 5.69 Å². The number of carbonyl (C=O) groups excluding carboxylic acids is 2. The molecule has 0 aliphatic carbocycles. The lowest BCUT2D eigenvalue weighted by molar-refractivity contribution is 0.0203. The monoisotopic (exact) mass is 506 g/mol. The highest BCUT2D eigenvalue weighted by Gasteiger charge is 2.32. The highest BCUT2D eigenvalue weighted by Crippen LogP contribution is 2.33. The molecule has 1 aromatic heterocycles. The van der Waals surface area contributed by atoms with Gasteiger partial charge in [-0.2, -0.15) is 5.10 Å². The summed E-state index contributed by atoms with van der Waals surface area (Å²) < 4.78 is 21.0. The normalized spacial score (nSPS) is 14.5. The van der Waals surface area contributed by atoms with E-state index in [2.05, 4.69) is 23.4 Å². The minimum atomic E-state index is -0.556. The molecule has 8 heteroatoms. The molecule has 2 amide bonds. The van der Waals surface area contributed by atoms with Gasteiger partial charge in [0.15, 0.2) is 0 Å². The van der Waals surface area contributed by atoms with Gasteiger partial charge in [-0.25, -0.2) is 13.9 Å². The van der Waals surface area contributed by atoms with Crippen LogP contribution in [-0.2, 0) is 4.74 Å². The average molecular weight is 507 g/mol. The number of benzene rings is 2. The fourth-order valence-electron chi connectivity index (χ4n) is 4.61. The first-order valence-corrected chi connectivity index (χ1v) is 12.6. The summed E-state index contributed by atoms with van der Waals surface area (Å²) in [7, 11) is 0. The molecule has 1 saturated heterocycles. The maximum absolute atomic E-state index is 13.6. The molecule has 1 aliphatic rings. The number of carbonyl (C=O) groups is 2. The molecule has 3 aromatic rings. The van der Waals surface area contributed by atoms with Crippen LogP contribution in [0.5, 0.6) is 0 Å². The van der Waals surface area contributed by atoms with Crippen molar-refractivity contribution in [1.82, 2.24) is 14.7 Å². The van der Waals surface area contributed by atoms with Gasteiger partial charge in [-0.3, -0.25) is 4.79 Å². The number of anilines is 1. The van der Waals surface area contributed by atoms with Crippen molar-refractivity contribution in [1.29, 1.82) is 0 Å². The van der Waals surface area contributed by atoms with Crippen molar-refractivity contribution in [2.45, 2.75) is 65.9 Å². The number of piperidine rings is 1. The van der Waals surface area contributed by atoms with Gasteiger partial charge in [0, 0.05) is 24.7 Å². The lowest BCUT2D eigenvalue weighted by atomic mass is 9.90. The number of aromatic nitrogens is 2. The maximum atomic E-state index is 13.6. The number of nitrogens with zero attached hydrogens (tertiary/aromatic N) is 3. The molecule has 0 unspecified atom stereocenters. The van der Waals surface area contributed by atoms with Crippen LogP contribution in [0, 0.1) is 26.6 Å². The van der Waals surface area contributed by atoms with E-state index in [0.717, 1.165) is 16.9 Å². The van der Waals surface area contributed by atoms with Crippen molar-refractivity contribution in [3.05, 3.63) is 76.4 Å². The Labute approximate surface area is 217 Å². The van der Waals surface area contributed by atoms with Crippen molar-refractivity contribution < 1.29 is 18.7 Å². The van der Waals surface area contributed by atoms with Crippen LogP contribution in [0.15, 0.2) is 42.6 Å². The summed E-state index contributed by atoms with van der Waals surface area (Å²) in [6.45, 7) is 12.5. The Morgan fingerprint density at radius 2 is 1.70 bits per heavy atom. The average Bonchev–Trinajstić information content (AvgIpc) is 3.27. The largest absolute Gasteiger partial charge is 0.444 e. The second kappa shape index (κ2) is 10.4. The van der Waals surface area contributed by atoms with Gasteiger partial charge in [0.1, 0.15) is 11.4 Å². The Kier molecular flexibility index (Phi) is 7.39. The number of likely N-dealkylation sites (tertiary alicyclic amines) is 1. The molecule has 1 fully saturated rings. The van der Waals surface area contributed by atoms with Gasteiger partial charge in [-0.15, -0.1) is 0 Å². The van der Waals surface area contributed by atoms with E-state index in [9.17, 15) is 14.0 Å². The van der Waals surface area contributed by atoms with Gasteiger partial charge in [0.05, 0.1) is 23.1 Å². The number of rotatable bonds is 4. The van der Waals surface area contributed by atoms with E-state index in [1.54, 1.807) is 24.1 Å².